The van der Waals surface area contributed by atoms with Crippen LogP contribution in [0.5, 0.6) is 0 Å². The number of carbonyl (C=O) groups is 1. The molecule has 0 radical (unpaired) electrons. The van der Waals surface area contributed by atoms with Gasteiger partial charge in [0.2, 0.25) is 0 Å². The summed E-state index contributed by atoms with van der Waals surface area (Å²) >= 11 is 0. The Bertz CT molecular complexity index is 638. The summed E-state index contributed by atoms with van der Waals surface area (Å²) in [5, 5.41) is 3.28. The number of carbonyl (C=O) groups excluding carboxylic acids is 1. The summed E-state index contributed by atoms with van der Waals surface area (Å²) in [5.41, 5.74) is 9.71. The quantitative estimate of drug-likeness (QED) is 0.648. The number of hydrogen-bond acceptors (Lipinski definition) is 4. The molecule has 2 aromatic rings. The first-order valence-corrected chi connectivity index (χ1v) is 6.99. The Labute approximate surface area is 124 Å². The van der Waals surface area contributed by atoms with Crippen LogP contribution in [-0.4, -0.2) is 13.1 Å². The summed E-state index contributed by atoms with van der Waals surface area (Å²) in [6.45, 7) is 2.13. The lowest BCUT2D eigenvalue weighted by atomic mass is 10.1. The molecule has 4 heteroatoms. The molecular weight excluding hydrogens is 264 g/mol. The number of methoxy groups -OCH3 is 1. The van der Waals surface area contributed by atoms with E-state index in [4.69, 9.17) is 10.5 Å². The van der Waals surface area contributed by atoms with E-state index in [-0.39, 0.29) is 0 Å². The van der Waals surface area contributed by atoms with Crippen LogP contribution in [0.2, 0.25) is 0 Å². The molecule has 0 heterocycles. The van der Waals surface area contributed by atoms with Gasteiger partial charge >= 0.3 is 5.97 Å². The van der Waals surface area contributed by atoms with E-state index >= 15 is 0 Å². The Kier molecular flexibility index (Phi) is 4.82. The molecule has 0 aliphatic rings. The molecule has 0 bridgehead atoms. The van der Waals surface area contributed by atoms with Crippen LogP contribution >= 0.6 is 0 Å². The molecule has 0 aromatic heterocycles. The molecule has 2 aromatic carbocycles. The smallest absolute Gasteiger partial charge is 0.340 e. The van der Waals surface area contributed by atoms with E-state index in [0.29, 0.717) is 16.9 Å². The number of nitrogens with one attached hydrogen (secondary N) is 1. The Balaban J connectivity index is 2.42. The van der Waals surface area contributed by atoms with Crippen LogP contribution in [0.15, 0.2) is 42.5 Å². The van der Waals surface area contributed by atoms with Crippen molar-refractivity contribution >= 4 is 23.0 Å². The van der Waals surface area contributed by atoms with E-state index in [1.807, 2.05) is 18.2 Å². The number of nitrogens with two attached hydrogens (primary N) is 1. The highest BCUT2D eigenvalue weighted by Gasteiger charge is 2.15. The van der Waals surface area contributed by atoms with E-state index < -0.39 is 5.97 Å². The number of rotatable bonds is 5. The number of aryl methyl sites for hydroxylation is 1. The second kappa shape index (κ2) is 6.79. The fourth-order valence-corrected chi connectivity index (χ4v) is 2.25. The van der Waals surface area contributed by atoms with Crippen LogP contribution in [0.25, 0.3) is 0 Å². The lowest BCUT2D eigenvalue weighted by molar-refractivity contribution is 0.0602. The maximum Gasteiger partial charge on any atom is 0.340 e. The minimum Gasteiger partial charge on any atom is -0.465 e. The Morgan fingerprint density at radius 1 is 1.19 bits per heavy atom. The molecule has 0 saturated heterocycles. The van der Waals surface area contributed by atoms with Crippen LogP contribution in [0.3, 0.4) is 0 Å². The van der Waals surface area contributed by atoms with Crippen LogP contribution in [-0.2, 0) is 11.2 Å². The summed E-state index contributed by atoms with van der Waals surface area (Å²) in [4.78, 5) is 11.9. The number of ether oxygens (including phenoxy) is 1. The predicted molar refractivity (Wildman–Crippen MR) is 85.9 cm³/mol. The van der Waals surface area contributed by atoms with Crippen LogP contribution < -0.4 is 11.1 Å². The van der Waals surface area contributed by atoms with Crippen LogP contribution in [0.1, 0.15) is 29.3 Å². The largest absolute Gasteiger partial charge is 0.465 e. The van der Waals surface area contributed by atoms with Crippen molar-refractivity contribution in [2.24, 2.45) is 0 Å². The third-order valence-electron chi connectivity index (χ3n) is 3.30. The molecule has 0 fully saturated rings. The zero-order valence-electron chi connectivity index (χ0n) is 12.3. The first-order chi connectivity index (χ1) is 10.2. The molecule has 3 N–H and O–H groups in total. The molecule has 4 nitrogen and oxygen atoms in total. The number of nitrogen functional groups attached to an aromatic ring is 1. The molecule has 0 atom stereocenters. The highest BCUT2D eigenvalue weighted by atomic mass is 16.5. The molecule has 2 rings (SSSR count). The maximum atomic E-state index is 11.9. The third-order valence-corrected chi connectivity index (χ3v) is 3.30. The van der Waals surface area contributed by atoms with Crippen molar-refractivity contribution in [3.63, 3.8) is 0 Å². The summed E-state index contributed by atoms with van der Waals surface area (Å²) in [6.07, 6.45) is 2.01. The number of anilines is 3. The van der Waals surface area contributed by atoms with Crippen molar-refractivity contribution in [1.29, 1.82) is 0 Å². The van der Waals surface area contributed by atoms with Gasteiger partial charge in [0.25, 0.3) is 0 Å². The van der Waals surface area contributed by atoms with Crippen LogP contribution in [0.4, 0.5) is 17.1 Å². The fourth-order valence-electron chi connectivity index (χ4n) is 2.25. The SMILES string of the molecule is CCCc1ccccc1Nc1c(N)cccc1C(=O)OC. The van der Waals surface area contributed by atoms with Gasteiger partial charge in [0.15, 0.2) is 0 Å². The monoisotopic (exact) mass is 284 g/mol. The van der Waals surface area contributed by atoms with Crippen molar-refractivity contribution in [1.82, 2.24) is 0 Å². The first-order valence-electron chi connectivity index (χ1n) is 6.99. The average Bonchev–Trinajstić information content (AvgIpc) is 2.50. The van der Waals surface area contributed by atoms with Gasteiger partial charge in [-0.3, -0.25) is 0 Å². The predicted octanol–water partition coefficient (Wildman–Crippen LogP) is 3.75. The van der Waals surface area contributed by atoms with Crippen molar-refractivity contribution in [2.75, 3.05) is 18.2 Å². The molecule has 0 aliphatic heterocycles. The summed E-state index contributed by atoms with van der Waals surface area (Å²) < 4.78 is 4.81. The van der Waals surface area contributed by atoms with Gasteiger partial charge in [-0.2, -0.15) is 0 Å². The molecule has 0 saturated carbocycles. The van der Waals surface area contributed by atoms with E-state index in [0.717, 1.165) is 18.5 Å². The Morgan fingerprint density at radius 3 is 2.67 bits per heavy atom. The van der Waals surface area contributed by atoms with Crippen molar-refractivity contribution in [3.8, 4) is 0 Å². The molecule has 21 heavy (non-hydrogen) atoms. The lowest BCUT2D eigenvalue weighted by Crippen LogP contribution is -2.08. The second-order valence-corrected chi connectivity index (χ2v) is 4.79. The van der Waals surface area contributed by atoms with Gasteiger partial charge in [-0.25, -0.2) is 4.79 Å². The van der Waals surface area contributed by atoms with E-state index in [1.54, 1.807) is 18.2 Å². The zero-order chi connectivity index (χ0) is 15.2. The van der Waals surface area contributed by atoms with Crippen molar-refractivity contribution in [2.45, 2.75) is 19.8 Å². The van der Waals surface area contributed by atoms with Crippen LogP contribution in [0, 0.1) is 0 Å². The standard InChI is InChI=1S/C17H20N2O2/c1-3-7-12-8-4-5-11-15(12)19-16-13(17(20)21-2)9-6-10-14(16)18/h4-6,8-11,19H,3,7,18H2,1-2H3. The van der Waals surface area contributed by atoms with E-state index in [9.17, 15) is 4.79 Å². The number of esters is 1. The normalized spacial score (nSPS) is 10.2. The zero-order valence-corrected chi connectivity index (χ0v) is 12.3. The minimum atomic E-state index is -0.405. The van der Waals surface area contributed by atoms with Gasteiger partial charge in [0, 0.05) is 5.69 Å². The average molecular weight is 284 g/mol. The minimum absolute atomic E-state index is 0.405. The molecule has 0 spiro atoms. The lowest BCUT2D eigenvalue weighted by Gasteiger charge is -2.16. The van der Waals surface area contributed by atoms with Crippen molar-refractivity contribution < 1.29 is 9.53 Å². The Morgan fingerprint density at radius 2 is 1.95 bits per heavy atom. The molecule has 0 aliphatic carbocycles. The molecule has 0 unspecified atom stereocenters. The summed E-state index contributed by atoms with van der Waals surface area (Å²) in [7, 11) is 1.36. The number of hydrogen-bond donors (Lipinski definition) is 2. The maximum absolute atomic E-state index is 11.9. The van der Waals surface area contributed by atoms with Crippen molar-refractivity contribution in [3.05, 3.63) is 53.6 Å². The van der Waals surface area contributed by atoms with Gasteiger partial charge in [0.05, 0.1) is 24.0 Å². The molecular formula is C17H20N2O2. The van der Waals surface area contributed by atoms with Gasteiger partial charge in [-0.15, -0.1) is 0 Å². The van der Waals surface area contributed by atoms with E-state index in [2.05, 4.69) is 18.3 Å². The Hall–Kier alpha value is -2.49. The van der Waals surface area contributed by atoms with Gasteiger partial charge in [0.1, 0.15) is 0 Å². The van der Waals surface area contributed by atoms with Gasteiger partial charge in [-0.1, -0.05) is 37.6 Å². The topological polar surface area (TPSA) is 64.3 Å². The third kappa shape index (κ3) is 3.34. The number of benzene rings is 2. The summed E-state index contributed by atoms with van der Waals surface area (Å²) in [5.74, 6) is -0.405. The number of para-hydroxylation sites is 2. The van der Waals surface area contributed by atoms with Gasteiger partial charge < -0.3 is 15.8 Å². The first kappa shape index (κ1) is 14.9. The molecule has 0 amide bonds. The molecule has 110 valence electrons. The highest BCUT2D eigenvalue weighted by molar-refractivity contribution is 6.00. The van der Waals surface area contributed by atoms with Gasteiger partial charge in [-0.05, 0) is 30.2 Å². The summed E-state index contributed by atoms with van der Waals surface area (Å²) in [6, 6.07) is 13.2. The highest BCUT2D eigenvalue weighted by Crippen LogP contribution is 2.30. The second-order valence-electron chi connectivity index (χ2n) is 4.79. The van der Waals surface area contributed by atoms with E-state index in [1.165, 1.54) is 12.7 Å². The fraction of sp³-hybridized carbons (Fsp3) is 0.235.